The lowest BCUT2D eigenvalue weighted by Gasteiger charge is -2.36. The minimum absolute atomic E-state index is 0.541. The molecule has 0 heterocycles. The molecule has 0 aromatic heterocycles. The Morgan fingerprint density at radius 2 is 1.06 bits per heavy atom. The molecule has 0 aromatic carbocycles. The van der Waals surface area contributed by atoms with Crippen molar-refractivity contribution in [3.63, 3.8) is 0 Å². The SMILES string of the molecule is CCN(CC)[C@H](C)[C@H](C)N(C)CCCOCCN(CCCOCCN(C)C(C)C)C(C)C. The van der Waals surface area contributed by atoms with E-state index in [-0.39, 0.29) is 0 Å². The van der Waals surface area contributed by atoms with E-state index in [2.05, 4.69) is 89.1 Å². The lowest BCUT2D eigenvalue weighted by atomic mass is 10.1. The van der Waals surface area contributed by atoms with Crippen molar-refractivity contribution in [2.24, 2.45) is 0 Å². The molecule has 0 fully saturated rings. The highest BCUT2D eigenvalue weighted by molar-refractivity contribution is 4.77. The molecule has 32 heavy (non-hydrogen) atoms. The fourth-order valence-electron chi connectivity index (χ4n) is 3.94. The Labute approximate surface area is 201 Å². The summed E-state index contributed by atoms with van der Waals surface area (Å²) in [6.45, 7) is 27.9. The second-order valence-corrected chi connectivity index (χ2v) is 9.82. The van der Waals surface area contributed by atoms with Gasteiger partial charge in [-0.1, -0.05) is 13.8 Å². The first-order valence-corrected chi connectivity index (χ1v) is 13.2. The predicted molar refractivity (Wildman–Crippen MR) is 140 cm³/mol. The van der Waals surface area contributed by atoms with Crippen LogP contribution in [0.3, 0.4) is 0 Å². The second-order valence-electron chi connectivity index (χ2n) is 9.82. The second kappa shape index (κ2) is 19.1. The van der Waals surface area contributed by atoms with Crippen molar-refractivity contribution in [3.05, 3.63) is 0 Å². The summed E-state index contributed by atoms with van der Waals surface area (Å²) in [5.74, 6) is 0. The topological polar surface area (TPSA) is 31.4 Å². The lowest BCUT2D eigenvalue weighted by Crippen LogP contribution is -2.47. The average Bonchev–Trinajstić information content (AvgIpc) is 2.76. The maximum atomic E-state index is 5.97. The van der Waals surface area contributed by atoms with Crippen LogP contribution in [0.5, 0.6) is 0 Å². The smallest absolute Gasteiger partial charge is 0.0593 e. The molecule has 0 bridgehead atoms. The van der Waals surface area contributed by atoms with E-state index < -0.39 is 0 Å². The molecule has 0 aliphatic carbocycles. The highest BCUT2D eigenvalue weighted by Gasteiger charge is 2.20. The van der Waals surface area contributed by atoms with Gasteiger partial charge in [0.25, 0.3) is 0 Å². The van der Waals surface area contributed by atoms with Gasteiger partial charge in [-0.15, -0.1) is 0 Å². The van der Waals surface area contributed by atoms with E-state index in [1.165, 1.54) is 0 Å². The van der Waals surface area contributed by atoms with Crippen molar-refractivity contribution < 1.29 is 9.47 Å². The third kappa shape index (κ3) is 14.1. The van der Waals surface area contributed by atoms with Gasteiger partial charge in [-0.3, -0.25) is 9.80 Å². The van der Waals surface area contributed by atoms with Crippen molar-refractivity contribution >= 4 is 0 Å². The van der Waals surface area contributed by atoms with Crippen molar-refractivity contribution in [1.82, 2.24) is 19.6 Å². The molecule has 0 aromatic rings. The third-order valence-corrected chi connectivity index (χ3v) is 7.04. The van der Waals surface area contributed by atoms with E-state index in [1.807, 2.05) is 0 Å². The van der Waals surface area contributed by atoms with Gasteiger partial charge in [0, 0.05) is 63.6 Å². The monoisotopic (exact) mass is 458 g/mol. The van der Waals surface area contributed by atoms with E-state index in [1.54, 1.807) is 0 Å². The number of hydrogen-bond acceptors (Lipinski definition) is 6. The van der Waals surface area contributed by atoms with Gasteiger partial charge in [0.15, 0.2) is 0 Å². The van der Waals surface area contributed by atoms with Crippen LogP contribution in [0.1, 0.15) is 68.2 Å². The Hall–Kier alpha value is -0.240. The van der Waals surface area contributed by atoms with Crippen LogP contribution in [0, 0.1) is 0 Å². The molecule has 6 heteroatoms. The van der Waals surface area contributed by atoms with Crippen LogP contribution in [-0.2, 0) is 9.47 Å². The maximum Gasteiger partial charge on any atom is 0.0593 e. The average molecular weight is 459 g/mol. The van der Waals surface area contributed by atoms with Gasteiger partial charge in [-0.05, 0) is 81.6 Å². The van der Waals surface area contributed by atoms with Crippen LogP contribution in [0.2, 0.25) is 0 Å². The first kappa shape index (κ1) is 31.8. The van der Waals surface area contributed by atoms with Gasteiger partial charge in [0.05, 0.1) is 13.2 Å². The van der Waals surface area contributed by atoms with E-state index in [4.69, 9.17) is 9.47 Å². The van der Waals surface area contributed by atoms with Crippen LogP contribution in [-0.4, -0.2) is 124 Å². The number of ether oxygens (including phenoxy) is 2. The molecular weight excluding hydrogens is 400 g/mol. The van der Waals surface area contributed by atoms with Gasteiger partial charge in [0.1, 0.15) is 0 Å². The van der Waals surface area contributed by atoms with Gasteiger partial charge in [0.2, 0.25) is 0 Å². The van der Waals surface area contributed by atoms with Gasteiger partial charge in [-0.2, -0.15) is 0 Å². The highest BCUT2D eigenvalue weighted by atomic mass is 16.5. The van der Waals surface area contributed by atoms with Crippen LogP contribution in [0.15, 0.2) is 0 Å². The van der Waals surface area contributed by atoms with Crippen molar-refractivity contribution in [1.29, 1.82) is 0 Å². The van der Waals surface area contributed by atoms with Gasteiger partial charge < -0.3 is 19.3 Å². The molecule has 0 rings (SSSR count). The Morgan fingerprint density at radius 3 is 1.56 bits per heavy atom. The fourth-order valence-corrected chi connectivity index (χ4v) is 3.94. The first-order valence-electron chi connectivity index (χ1n) is 13.2. The molecule has 0 spiro atoms. The largest absolute Gasteiger partial charge is 0.380 e. The summed E-state index contributed by atoms with van der Waals surface area (Å²) in [4.78, 5) is 9.84. The minimum Gasteiger partial charge on any atom is -0.380 e. The van der Waals surface area contributed by atoms with Crippen LogP contribution in [0.4, 0.5) is 0 Å². The molecule has 0 aliphatic rings. The molecule has 0 saturated carbocycles. The van der Waals surface area contributed by atoms with Crippen LogP contribution >= 0.6 is 0 Å². The summed E-state index contributed by atoms with van der Waals surface area (Å²) in [5.41, 5.74) is 0. The lowest BCUT2D eigenvalue weighted by molar-refractivity contribution is 0.0669. The molecule has 6 nitrogen and oxygen atoms in total. The molecule has 194 valence electrons. The van der Waals surface area contributed by atoms with Gasteiger partial charge in [-0.25, -0.2) is 0 Å². The standard InChI is InChI=1S/C26H58N4O2/c1-11-29(12-2)26(8)25(7)28(10)15-13-19-32-22-18-30(24(5)6)16-14-20-31-21-17-27(9)23(3)4/h23-26H,11-22H2,1-10H3/t25-,26+/m0/s1. The molecule has 0 radical (unpaired) electrons. The molecule has 2 atom stereocenters. The highest BCUT2D eigenvalue weighted by Crippen LogP contribution is 2.10. The van der Waals surface area contributed by atoms with Crippen molar-refractivity contribution in [3.8, 4) is 0 Å². The molecule has 0 unspecified atom stereocenters. The van der Waals surface area contributed by atoms with E-state index in [0.29, 0.717) is 24.2 Å². The Bertz CT molecular complexity index is 419. The summed E-state index contributed by atoms with van der Waals surface area (Å²) >= 11 is 0. The van der Waals surface area contributed by atoms with E-state index in [9.17, 15) is 0 Å². The van der Waals surface area contributed by atoms with Crippen LogP contribution < -0.4 is 0 Å². The number of nitrogens with zero attached hydrogens (tertiary/aromatic N) is 4. The van der Waals surface area contributed by atoms with E-state index >= 15 is 0 Å². The quantitative estimate of drug-likeness (QED) is 0.243. The summed E-state index contributed by atoms with van der Waals surface area (Å²) in [6, 6.07) is 2.25. The zero-order chi connectivity index (χ0) is 24.5. The molecular formula is C26H58N4O2. The van der Waals surface area contributed by atoms with Crippen molar-refractivity contribution in [2.45, 2.75) is 92.4 Å². The summed E-state index contributed by atoms with van der Waals surface area (Å²) in [6.07, 6.45) is 2.17. The first-order chi connectivity index (χ1) is 15.1. The third-order valence-electron chi connectivity index (χ3n) is 7.04. The fraction of sp³-hybridized carbons (Fsp3) is 1.00. The molecule has 0 saturated heterocycles. The number of hydrogen-bond donors (Lipinski definition) is 0. The van der Waals surface area contributed by atoms with Crippen molar-refractivity contribution in [2.75, 3.05) is 79.8 Å². The summed E-state index contributed by atoms with van der Waals surface area (Å²) in [7, 11) is 4.40. The van der Waals surface area contributed by atoms with Gasteiger partial charge >= 0.3 is 0 Å². The Morgan fingerprint density at radius 1 is 0.531 bits per heavy atom. The Kier molecular flexibility index (Phi) is 19.0. The summed E-state index contributed by atoms with van der Waals surface area (Å²) in [5, 5.41) is 0. The molecule has 0 amide bonds. The number of rotatable bonds is 21. The minimum atomic E-state index is 0.541. The zero-order valence-corrected chi connectivity index (χ0v) is 23.4. The molecule has 0 aliphatic heterocycles. The normalized spacial score (nSPS) is 14.6. The summed E-state index contributed by atoms with van der Waals surface area (Å²) < 4.78 is 11.8. The Balaban J connectivity index is 3.93. The van der Waals surface area contributed by atoms with Crippen LogP contribution in [0.25, 0.3) is 0 Å². The predicted octanol–water partition coefficient (Wildman–Crippen LogP) is 3.90. The number of likely N-dealkylation sites (N-methyl/N-ethyl adjacent to an activating group) is 3. The van der Waals surface area contributed by atoms with E-state index in [0.717, 1.165) is 78.5 Å². The molecule has 0 N–H and O–H groups in total. The zero-order valence-electron chi connectivity index (χ0n) is 23.4. The maximum absolute atomic E-state index is 5.97.